The van der Waals surface area contributed by atoms with Gasteiger partial charge >= 0.3 is 0 Å². The molecule has 0 saturated heterocycles. The smallest absolute Gasteiger partial charge is 0.279 e. The van der Waals surface area contributed by atoms with Crippen LogP contribution in [0, 0.1) is 34.1 Å². The van der Waals surface area contributed by atoms with Crippen LogP contribution in [0.25, 0.3) is 0 Å². The summed E-state index contributed by atoms with van der Waals surface area (Å²) in [6.07, 6.45) is 0. The molecule has 1 N–H and O–H groups in total. The van der Waals surface area contributed by atoms with Gasteiger partial charge in [0.05, 0.1) is 15.4 Å². The Balaban J connectivity index is 2.43. The summed E-state index contributed by atoms with van der Waals surface area (Å²) in [6, 6.07) is 1.98. The Bertz CT molecular complexity index is 752. The van der Waals surface area contributed by atoms with Crippen LogP contribution < -0.4 is 5.32 Å². The number of nitrogens with one attached hydrogen (secondary N) is 1. The quantitative estimate of drug-likeness (QED) is 0.671. The summed E-state index contributed by atoms with van der Waals surface area (Å²) in [7, 11) is 0. The molecular formula is C11H9N5O5S. The summed E-state index contributed by atoms with van der Waals surface area (Å²) in [5.74, 6) is -0.734. The number of anilines is 1. The van der Waals surface area contributed by atoms with Crippen molar-refractivity contribution in [2.24, 2.45) is 0 Å². The molecule has 0 aliphatic rings. The first-order valence-electron chi connectivity index (χ1n) is 5.84. The van der Waals surface area contributed by atoms with Crippen LogP contribution in [0.15, 0.2) is 12.1 Å². The van der Waals surface area contributed by atoms with E-state index in [0.717, 1.165) is 23.5 Å². The molecule has 22 heavy (non-hydrogen) atoms. The SMILES string of the molecule is Cc1nnc(NC(=O)c2cc([N+](=O)[O-])c(C)c([N+](=O)[O-])c2)s1. The monoisotopic (exact) mass is 323 g/mol. The van der Waals surface area contributed by atoms with E-state index < -0.39 is 27.1 Å². The highest BCUT2D eigenvalue weighted by atomic mass is 32.1. The summed E-state index contributed by atoms with van der Waals surface area (Å²) in [4.78, 5) is 32.5. The number of carbonyl (C=O) groups is 1. The minimum atomic E-state index is -0.770. The Morgan fingerprint density at radius 3 is 2.09 bits per heavy atom. The molecule has 0 fully saturated rings. The van der Waals surface area contributed by atoms with Crippen LogP contribution in [0.4, 0.5) is 16.5 Å². The standard InChI is InChI=1S/C11H9N5O5S/c1-5-8(15(18)19)3-7(4-9(5)16(20)21)10(17)12-11-14-13-6(2)22-11/h3-4H,1-2H3,(H,12,14,17). The van der Waals surface area contributed by atoms with Gasteiger partial charge in [-0.3, -0.25) is 30.3 Å². The maximum Gasteiger partial charge on any atom is 0.279 e. The number of nitrogens with zero attached hydrogens (tertiary/aromatic N) is 4. The van der Waals surface area contributed by atoms with E-state index in [1.165, 1.54) is 6.92 Å². The summed E-state index contributed by atoms with van der Waals surface area (Å²) in [5, 5.41) is 32.5. The van der Waals surface area contributed by atoms with Gasteiger partial charge in [0.1, 0.15) is 10.6 Å². The molecule has 0 saturated carbocycles. The molecule has 0 atom stereocenters. The predicted molar refractivity (Wildman–Crippen MR) is 77.1 cm³/mol. The number of aromatic nitrogens is 2. The highest BCUT2D eigenvalue weighted by Gasteiger charge is 2.25. The van der Waals surface area contributed by atoms with Gasteiger partial charge in [-0.2, -0.15) is 0 Å². The third kappa shape index (κ3) is 3.03. The van der Waals surface area contributed by atoms with Crippen molar-refractivity contribution in [2.45, 2.75) is 13.8 Å². The third-order valence-electron chi connectivity index (χ3n) is 2.75. The van der Waals surface area contributed by atoms with Crippen LogP contribution in [0.3, 0.4) is 0 Å². The van der Waals surface area contributed by atoms with E-state index in [0.29, 0.717) is 5.01 Å². The molecule has 2 rings (SSSR count). The molecule has 0 radical (unpaired) electrons. The summed E-state index contributed by atoms with van der Waals surface area (Å²) >= 11 is 1.11. The molecule has 1 heterocycles. The van der Waals surface area contributed by atoms with Crippen molar-refractivity contribution in [3.63, 3.8) is 0 Å². The second-order valence-electron chi connectivity index (χ2n) is 4.23. The van der Waals surface area contributed by atoms with E-state index in [1.807, 2.05) is 0 Å². The lowest BCUT2D eigenvalue weighted by atomic mass is 10.1. The van der Waals surface area contributed by atoms with Crippen LogP contribution in [-0.2, 0) is 0 Å². The molecule has 10 nitrogen and oxygen atoms in total. The fourth-order valence-corrected chi connectivity index (χ4v) is 2.30. The fraction of sp³-hybridized carbons (Fsp3) is 0.182. The second kappa shape index (κ2) is 5.81. The van der Waals surface area contributed by atoms with Gasteiger partial charge in [0.25, 0.3) is 17.3 Å². The largest absolute Gasteiger partial charge is 0.296 e. The summed E-state index contributed by atoms with van der Waals surface area (Å²) in [6.45, 7) is 2.95. The van der Waals surface area contributed by atoms with Crippen LogP contribution >= 0.6 is 11.3 Å². The molecule has 114 valence electrons. The molecule has 0 aliphatic heterocycles. The normalized spacial score (nSPS) is 10.3. The van der Waals surface area contributed by atoms with E-state index >= 15 is 0 Å². The molecule has 0 bridgehead atoms. The van der Waals surface area contributed by atoms with Crippen LogP contribution in [0.1, 0.15) is 20.9 Å². The number of aryl methyl sites for hydroxylation is 1. The fourth-order valence-electron chi connectivity index (χ4n) is 1.71. The first-order chi connectivity index (χ1) is 10.3. The van der Waals surface area contributed by atoms with Gasteiger partial charge in [0.15, 0.2) is 0 Å². The van der Waals surface area contributed by atoms with E-state index in [-0.39, 0.29) is 16.3 Å². The number of benzene rings is 1. The second-order valence-corrected chi connectivity index (χ2v) is 5.42. The molecule has 0 spiro atoms. The molecule has 1 amide bonds. The number of hydrogen-bond acceptors (Lipinski definition) is 8. The van der Waals surface area contributed by atoms with Gasteiger partial charge in [-0.25, -0.2) is 0 Å². The number of nitro groups is 2. The number of nitro benzene ring substituents is 2. The molecule has 0 unspecified atom stereocenters. The average molecular weight is 323 g/mol. The maximum atomic E-state index is 12.1. The van der Waals surface area contributed by atoms with Crippen LogP contribution in [-0.4, -0.2) is 26.0 Å². The Morgan fingerprint density at radius 2 is 1.68 bits per heavy atom. The van der Waals surface area contributed by atoms with Crippen molar-refractivity contribution in [1.29, 1.82) is 0 Å². The Labute approximate surface area is 127 Å². The number of amides is 1. The molecule has 2 aromatic rings. The molecule has 1 aromatic carbocycles. The van der Waals surface area contributed by atoms with Crippen molar-refractivity contribution in [3.8, 4) is 0 Å². The first-order valence-corrected chi connectivity index (χ1v) is 6.66. The van der Waals surface area contributed by atoms with Crippen LogP contribution in [0.2, 0.25) is 0 Å². The van der Waals surface area contributed by atoms with Crippen LogP contribution in [0.5, 0.6) is 0 Å². The zero-order valence-electron chi connectivity index (χ0n) is 11.4. The van der Waals surface area contributed by atoms with Gasteiger partial charge in [0, 0.05) is 12.1 Å². The highest BCUT2D eigenvalue weighted by molar-refractivity contribution is 7.15. The van der Waals surface area contributed by atoms with Gasteiger partial charge < -0.3 is 0 Å². The van der Waals surface area contributed by atoms with Gasteiger partial charge in [-0.05, 0) is 13.8 Å². The number of carbonyl (C=O) groups excluding carboxylic acids is 1. The average Bonchev–Trinajstić information content (AvgIpc) is 2.83. The van der Waals surface area contributed by atoms with Gasteiger partial charge in [-0.1, -0.05) is 11.3 Å². The molecule has 11 heteroatoms. The maximum absolute atomic E-state index is 12.1. The van der Waals surface area contributed by atoms with Crippen molar-refractivity contribution < 1.29 is 14.6 Å². The zero-order valence-corrected chi connectivity index (χ0v) is 12.2. The predicted octanol–water partition coefficient (Wildman–Crippen LogP) is 2.22. The van der Waals surface area contributed by atoms with Gasteiger partial charge in [-0.15, -0.1) is 10.2 Å². The molecular weight excluding hydrogens is 314 g/mol. The Hall–Kier alpha value is -2.95. The van der Waals surface area contributed by atoms with Crippen molar-refractivity contribution in [1.82, 2.24) is 10.2 Å². The molecule has 0 aliphatic carbocycles. The Kier molecular flexibility index (Phi) is 4.08. The summed E-state index contributed by atoms with van der Waals surface area (Å²) < 4.78 is 0. The van der Waals surface area contributed by atoms with E-state index in [1.54, 1.807) is 6.92 Å². The number of rotatable bonds is 4. The lowest BCUT2D eigenvalue weighted by Crippen LogP contribution is -2.13. The van der Waals surface area contributed by atoms with E-state index in [4.69, 9.17) is 0 Å². The summed E-state index contributed by atoms with van der Waals surface area (Å²) in [5.41, 5.74) is -1.30. The van der Waals surface area contributed by atoms with E-state index in [2.05, 4.69) is 15.5 Å². The lowest BCUT2D eigenvalue weighted by Gasteiger charge is -2.04. The lowest BCUT2D eigenvalue weighted by molar-refractivity contribution is -0.395. The highest BCUT2D eigenvalue weighted by Crippen LogP contribution is 2.29. The van der Waals surface area contributed by atoms with Crippen molar-refractivity contribution in [2.75, 3.05) is 5.32 Å². The Morgan fingerprint density at radius 1 is 1.14 bits per heavy atom. The van der Waals surface area contributed by atoms with Gasteiger partial charge in [0.2, 0.25) is 5.13 Å². The number of hydrogen-bond donors (Lipinski definition) is 1. The minimum absolute atomic E-state index is 0.113. The topological polar surface area (TPSA) is 141 Å². The minimum Gasteiger partial charge on any atom is -0.296 e. The molecule has 1 aromatic heterocycles. The van der Waals surface area contributed by atoms with E-state index in [9.17, 15) is 25.0 Å². The third-order valence-corrected chi connectivity index (χ3v) is 3.51. The first kappa shape index (κ1) is 15.4. The van der Waals surface area contributed by atoms with Crippen molar-refractivity contribution >= 4 is 33.8 Å². The van der Waals surface area contributed by atoms with Crippen molar-refractivity contribution in [3.05, 3.63) is 48.5 Å². The zero-order chi connectivity index (χ0) is 16.4.